The molecule has 2 aliphatic rings. The number of carbonyl (C=O) groups excluding carboxylic acids is 1. The SMILES string of the molecule is CN1CCc2nc(-c3ccco3)nc(NCCN3CCNC3=O)c2CC1. The molecule has 0 atom stereocenters. The number of rotatable bonds is 5. The van der Waals surface area contributed by atoms with Crippen molar-refractivity contribution in [1.82, 2.24) is 25.1 Å². The second-order valence-corrected chi connectivity index (χ2v) is 6.75. The summed E-state index contributed by atoms with van der Waals surface area (Å²) in [6.45, 7) is 4.75. The zero-order chi connectivity index (χ0) is 17.9. The number of amides is 2. The van der Waals surface area contributed by atoms with Crippen LogP contribution in [0, 0.1) is 0 Å². The Morgan fingerprint density at radius 2 is 2.15 bits per heavy atom. The van der Waals surface area contributed by atoms with E-state index in [9.17, 15) is 4.79 Å². The molecule has 2 aromatic rings. The van der Waals surface area contributed by atoms with Crippen LogP contribution in [0.15, 0.2) is 22.8 Å². The van der Waals surface area contributed by atoms with Gasteiger partial charge >= 0.3 is 6.03 Å². The van der Waals surface area contributed by atoms with Crippen LogP contribution in [-0.4, -0.2) is 72.1 Å². The lowest BCUT2D eigenvalue weighted by Gasteiger charge is -2.17. The van der Waals surface area contributed by atoms with Crippen molar-refractivity contribution in [2.75, 3.05) is 51.6 Å². The van der Waals surface area contributed by atoms with Gasteiger partial charge in [0.1, 0.15) is 5.82 Å². The van der Waals surface area contributed by atoms with Crippen molar-refractivity contribution in [3.8, 4) is 11.6 Å². The number of anilines is 1. The first kappa shape index (κ1) is 16.8. The highest BCUT2D eigenvalue weighted by atomic mass is 16.3. The molecule has 4 rings (SSSR count). The highest BCUT2D eigenvalue weighted by Gasteiger charge is 2.21. The lowest BCUT2D eigenvalue weighted by Crippen LogP contribution is -2.32. The fraction of sp³-hybridized carbons (Fsp3) is 0.500. The third-order valence-corrected chi connectivity index (χ3v) is 4.93. The van der Waals surface area contributed by atoms with Crippen molar-refractivity contribution in [3.05, 3.63) is 29.7 Å². The number of nitrogens with one attached hydrogen (secondary N) is 2. The summed E-state index contributed by atoms with van der Waals surface area (Å²) in [5, 5.41) is 6.26. The molecule has 0 aliphatic carbocycles. The molecule has 1 saturated heterocycles. The average Bonchev–Trinajstić information content (AvgIpc) is 3.27. The van der Waals surface area contributed by atoms with E-state index in [4.69, 9.17) is 14.4 Å². The standard InChI is InChI=1S/C18H24N6O2/c1-23-8-4-13-14(5-9-23)21-17(15-3-2-12-26-15)22-16(13)19-6-10-24-11-7-20-18(24)25/h2-3,12H,4-11H2,1H3,(H,20,25)(H,19,21,22). The Balaban J connectivity index is 1.57. The molecule has 8 heteroatoms. The van der Waals surface area contributed by atoms with Gasteiger partial charge in [0.15, 0.2) is 11.6 Å². The molecule has 2 aromatic heterocycles. The van der Waals surface area contributed by atoms with Crippen molar-refractivity contribution in [3.63, 3.8) is 0 Å². The van der Waals surface area contributed by atoms with Crippen LogP contribution < -0.4 is 10.6 Å². The van der Waals surface area contributed by atoms with Gasteiger partial charge in [0.25, 0.3) is 0 Å². The van der Waals surface area contributed by atoms with Crippen molar-refractivity contribution >= 4 is 11.8 Å². The van der Waals surface area contributed by atoms with Crippen molar-refractivity contribution in [2.45, 2.75) is 12.8 Å². The van der Waals surface area contributed by atoms with Gasteiger partial charge in [0.05, 0.1) is 12.0 Å². The molecule has 0 saturated carbocycles. The predicted octanol–water partition coefficient (Wildman–Crippen LogP) is 1.20. The smallest absolute Gasteiger partial charge is 0.317 e. The van der Waals surface area contributed by atoms with Crippen LogP contribution in [0.5, 0.6) is 0 Å². The molecular weight excluding hydrogens is 332 g/mol. The summed E-state index contributed by atoms with van der Waals surface area (Å²) in [7, 11) is 2.13. The molecule has 4 heterocycles. The lowest BCUT2D eigenvalue weighted by atomic mass is 10.1. The molecule has 0 unspecified atom stereocenters. The fourth-order valence-electron chi connectivity index (χ4n) is 3.41. The quantitative estimate of drug-likeness (QED) is 0.837. The van der Waals surface area contributed by atoms with E-state index in [-0.39, 0.29) is 6.03 Å². The minimum Gasteiger partial charge on any atom is -0.461 e. The topological polar surface area (TPSA) is 86.5 Å². The van der Waals surface area contributed by atoms with Crippen LogP contribution >= 0.6 is 0 Å². The zero-order valence-electron chi connectivity index (χ0n) is 15.0. The summed E-state index contributed by atoms with van der Waals surface area (Å²) in [6, 6.07) is 3.73. The first-order chi connectivity index (χ1) is 12.7. The van der Waals surface area contributed by atoms with E-state index in [1.165, 1.54) is 5.56 Å². The molecule has 0 radical (unpaired) electrons. The number of fused-ring (bicyclic) bond motifs is 1. The third kappa shape index (κ3) is 3.50. The van der Waals surface area contributed by atoms with Gasteiger partial charge < -0.3 is 24.9 Å². The van der Waals surface area contributed by atoms with E-state index in [1.807, 2.05) is 17.0 Å². The Morgan fingerprint density at radius 3 is 2.92 bits per heavy atom. The van der Waals surface area contributed by atoms with E-state index >= 15 is 0 Å². The minimum atomic E-state index is 0.00576. The molecule has 2 aliphatic heterocycles. The van der Waals surface area contributed by atoms with E-state index in [1.54, 1.807) is 6.26 Å². The van der Waals surface area contributed by atoms with E-state index < -0.39 is 0 Å². The van der Waals surface area contributed by atoms with E-state index in [2.05, 4.69) is 22.6 Å². The number of hydrogen-bond donors (Lipinski definition) is 2. The number of carbonyl (C=O) groups is 1. The Bertz CT molecular complexity index is 776. The van der Waals surface area contributed by atoms with Gasteiger partial charge in [-0.1, -0.05) is 0 Å². The molecule has 0 bridgehead atoms. The summed E-state index contributed by atoms with van der Waals surface area (Å²) in [5.74, 6) is 2.14. The highest BCUT2D eigenvalue weighted by molar-refractivity contribution is 5.76. The maximum absolute atomic E-state index is 11.7. The molecular formula is C18H24N6O2. The van der Waals surface area contributed by atoms with Crippen LogP contribution in [0.25, 0.3) is 11.6 Å². The van der Waals surface area contributed by atoms with E-state index in [0.717, 1.165) is 50.5 Å². The van der Waals surface area contributed by atoms with Crippen LogP contribution in [0.2, 0.25) is 0 Å². The lowest BCUT2D eigenvalue weighted by molar-refractivity contribution is 0.219. The van der Waals surface area contributed by atoms with Crippen LogP contribution in [0.1, 0.15) is 11.3 Å². The van der Waals surface area contributed by atoms with Crippen molar-refractivity contribution in [1.29, 1.82) is 0 Å². The van der Waals surface area contributed by atoms with Gasteiger partial charge in [-0.2, -0.15) is 0 Å². The molecule has 8 nitrogen and oxygen atoms in total. The fourth-order valence-corrected chi connectivity index (χ4v) is 3.41. The van der Waals surface area contributed by atoms with Gasteiger partial charge in [-0.3, -0.25) is 0 Å². The van der Waals surface area contributed by atoms with Gasteiger partial charge in [0, 0.05) is 51.3 Å². The molecule has 0 aromatic carbocycles. The summed E-state index contributed by atoms with van der Waals surface area (Å²) in [4.78, 5) is 25.3. The number of urea groups is 1. The van der Waals surface area contributed by atoms with Gasteiger partial charge in [-0.15, -0.1) is 0 Å². The predicted molar refractivity (Wildman–Crippen MR) is 98.1 cm³/mol. The molecule has 26 heavy (non-hydrogen) atoms. The van der Waals surface area contributed by atoms with Crippen molar-refractivity contribution in [2.24, 2.45) is 0 Å². The van der Waals surface area contributed by atoms with Gasteiger partial charge in [0.2, 0.25) is 0 Å². The summed E-state index contributed by atoms with van der Waals surface area (Å²) < 4.78 is 5.49. The Labute approximate surface area is 152 Å². The summed E-state index contributed by atoms with van der Waals surface area (Å²) in [5.41, 5.74) is 2.26. The van der Waals surface area contributed by atoms with Crippen LogP contribution in [0.4, 0.5) is 10.6 Å². The molecule has 2 amide bonds. The summed E-state index contributed by atoms with van der Waals surface area (Å²) in [6.07, 6.45) is 3.44. The molecule has 1 fully saturated rings. The Kier molecular flexibility index (Phi) is 4.75. The van der Waals surface area contributed by atoms with Crippen LogP contribution in [-0.2, 0) is 12.8 Å². The van der Waals surface area contributed by atoms with Gasteiger partial charge in [-0.05, 0) is 25.6 Å². The average molecular weight is 356 g/mol. The second-order valence-electron chi connectivity index (χ2n) is 6.75. The summed E-state index contributed by atoms with van der Waals surface area (Å²) >= 11 is 0. The molecule has 2 N–H and O–H groups in total. The van der Waals surface area contributed by atoms with Crippen LogP contribution in [0.3, 0.4) is 0 Å². The Hall–Kier alpha value is -2.61. The number of likely N-dealkylation sites (N-methyl/N-ethyl adjacent to an activating group) is 1. The number of furan rings is 1. The largest absolute Gasteiger partial charge is 0.461 e. The third-order valence-electron chi connectivity index (χ3n) is 4.93. The maximum Gasteiger partial charge on any atom is 0.317 e. The number of aromatic nitrogens is 2. The second kappa shape index (κ2) is 7.33. The Morgan fingerprint density at radius 1 is 1.27 bits per heavy atom. The first-order valence-electron chi connectivity index (χ1n) is 9.09. The monoisotopic (exact) mass is 356 g/mol. The normalized spacial score (nSPS) is 17.7. The zero-order valence-corrected chi connectivity index (χ0v) is 15.0. The number of nitrogens with zero attached hydrogens (tertiary/aromatic N) is 4. The van der Waals surface area contributed by atoms with E-state index in [0.29, 0.717) is 24.7 Å². The molecule has 0 spiro atoms. The highest BCUT2D eigenvalue weighted by Crippen LogP contribution is 2.25. The molecule has 138 valence electrons. The number of hydrogen-bond acceptors (Lipinski definition) is 6. The van der Waals surface area contributed by atoms with Crippen molar-refractivity contribution < 1.29 is 9.21 Å². The van der Waals surface area contributed by atoms with Gasteiger partial charge in [-0.25, -0.2) is 14.8 Å². The maximum atomic E-state index is 11.7. The minimum absolute atomic E-state index is 0.00576. The first-order valence-corrected chi connectivity index (χ1v) is 9.09.